The van der Waals surface area contributed by atoms with Crippen LogP contribution in [0.15, 0.2) is 0 Å². The van der Waals surface area contributed by atoms with Crippen LogP contribution in [0.1, 0.15) is 84.0 Å². The summed E-state index contributed by atoms with van der Waals surface area (Å²) in [7, 11) is -1.75. The average Bonchev–Trinajstić information content (AvgIpc) is 2.29. The van der Waals surface area contributed by atoms with Crippen LogP contribution in [0.25, 0.3) is 0 Å². The Morgan fingerprint density at radius 3 is 1.28 bits per heavy atom. The van der Waals surface area contributed by atoms with Gasteiger partial charge in [0.25, 0.3) is 0 Å². The summed E-state index contributed by atoms with van der Waals surface area (Å²) < 4.78 is 0. The third kappa shape index (κ3) is 16.2. The van der Waals surface area contributed by atoms with Crippen molar-refractivity contribution in [2.24, 2.45) is 0 Å². The van der Waals surface area contributed by atoms with Gasteiger partial charge in [-0.3, -0.25) is 0 Å². The van der Waals surface area contributed by atoms with Crippen LogP contribution < -0.4 is 0 Å². The van der Waals surface area contributed by atoms with Gasteiger partial charge in [0.1, 0.15) is 0 Å². The van der Waals surface area contributed by atoms with E-state index in [1.807, 2.05) is 13.1 Å². The second kappa shape index (κ2) is 12.2. The van der Waals surface area contributed by atoms with Crippen LogP contribution in [0.4, 0.5) is 0 Å². The maximum absolute atomic E-state index is 9.72. The second-order valence-electron chi connectivity index (χ2n) is 6.45. The van der Waals surface area contributed by atoms with Gasteiger partial charge in [-0.1, -0.05) is 84.0 Å². The number of hydrogen-bond acceptors (Lipinski definition) is 1. The molecule has 1 N–H and O–H groups in total. The molecule has 0 aliphatic carbocycles. The molecule has 18 heavy (non-hydrogen) atoms. The van der Waals surface area contributed by atoms with Gasteiger partial charge in [-0.15, -0.1) is 0 Å². The second-order valence-corrected chi connectivity index (χ2v) is 10.6. The maximum atomic E-state index is 9.72. The molecule has 0 aliphatic heterocycles. The third-order valence-corrected chi connectivity index (χ3v) is 5.22. The van der Waals surface area contributed by atoms with Crippen LogP contribution in [-0.4, -0.2) is 13.1 Å². The van der Waals surface area contributed by atoms with E-state index in [1.165, 1.54) is 77.0 Å². The van der Waals surface area contributed by atoms with Gasteiger partial charge in [-0.25, -0.2) is 0 Å². The van der Waals surface area contributed by atoms with E-state index in [0.29, 0.717) is 0 Å². The standard InChI is InChI=1S/C16H36OSi/c1-4-5-6-7-8-9-10-11-12-13-14-15-16-18(2,3)17/h17H,4-16H2,1-3H3. The van der Waals surface area contributed by atoms with E-state index in [-0.39, 0.29) is 0 Å². The van der Waals surface area contributed by atoms with Crippen molar-refractivity contribution in [2.75, 3.05) is 0 Å². The van der Waals surface area contributed by atoms with Gasteiger partial charge in [0.2, 0.25) is 0 Å². The molecule has 0 rings (SSSR count). The Hall–Kier alpha value is 0.177. The lowest BCUT2D eigenvalue weighted by molar-refractivity contribution is 0.528. The molecule has 0 bridgehead atoms. The normalized spacial score (nSPS) is 12.0. The van der Waals surface area contributed by atoms with E-state index in [2.05, 4.69) is 6.92 Å². The fourth-order valence-corrected chi connectivity index (χ4v) is 3.51. The quantitative estimate of drug-likeness (QED) is 0.327. The van der Waals surface area contributed by atoms with Gasteiger partial charge >= 0.3 is 0 Å². The first-order valence-corrected chi connectivity index (χ1v) is 11.4. The smallest absolute Gasteiger partial charge is 0.182 e. The SMILES string of the molecule is CCCCCCCCCCCCCC[Si](C)(C)O. The highest BCUT2D eigenvalue weighted by Gasteiger charge is 2.14. The summed E-state index contributed by atoms with van der Waals surface area (Å²) in [6, 6.07) is 1.09. The van der Waals surface area contributed by atoms with Gasteiger partial charge in [0.05, 0.1) is 0 Å². The molecule has 0 spiro atoms. The lowest BCUT2D eigenvalue weighted by Gasteiger charge is -2.12. The van der Waals surface area contributed by atoms with Crippen molar-refractivity contribution in [1.29, 1.82) is 0 Å². The summed E-state index contributed by atoms with van der Waals surface area (Å²) >= 11 is 0. The molecule has 0 heterocycles. The van der Waals surface area contributed by atoms with Crippen molar-refractivity contribution in [3.8, 4) is 0 Å². The topological polar surface area (TPSA) is 20.2 Å². The lowest BCUT2D eigenvalue weighted by Crippen LogP contribution is -2.23. The first-order chi connectivity index (χ1) is 8.56. The lowest BCUT2D eigenvalue weighted by atomic mass is 10.1. The molecule has 0 fully saturated rings. The monoisotopic (exact) mass is 272 g/mol. The minimum atomic E-state index is -1.75. The van der Waals surface area contributed by atoms with E-state index < -0.39 is 8.32 Å². The summed E-state index contributed by atoms with van der Waals surface area (Å²) in [6.45, 7) is 6.37. The Bertz CT molecular complexity index is 163. The molecule has 0 saturated carbocycles. The van der Waals surface area contributed by atoms with Gasteiger partial charge in [0.15, 0.2) is 8.32 Å². The van der Waals surface area contributed by atoms with E-state index in [1.54, 1.807) is 0 Å². The predicted octanol–water partition coefficient (Wildman–Crippen LogP) is 5.88. The summed E-state index contributed by atoms with van der Waals surface area (Å²) in [5.74, 6) is 0. The van der Waals surface area contributed by atoms with Crippen LogP contribution in [0.5, 0.6) is 0 Å². The average molecular weight is 273 g/mol. The molecule has 0 radical (unpaired) electrons. The summed E-state index contributed by atoms with van der Waals surface area (Å²) in [6.07, 6.45) is 16.8. The van der Waals surface area contributed by atoms with Gasteiger partial charge in [0, 0.05) is 0 Å². The zero-order valence-electron chi connectivity index (χ0n) is 13.1. The van der Waals surface area contributed by atoms with Crippen molar-refractivity contribution in [1.82, 2.24) is 0 Å². The van der Waals surface area contributed by atoms with Crippen LogP contribution in [-0.2, 0) is 0 Å². The molecule has 1 nitrogen and oxygen atoms in total. The Balaban J connectivity index is 2.99. The Kier molecular flexibility index (Phi) is 12.3. The van der Waals surface area contributed by atoms with Crippen molar-refractivity contribution < 1.29 is 4.80 Å². The molecule has 0 atom stereocenters. The van der Waals surface area contributed by atoms with E-state index in [4.69, 9.17) is 0 Å². The largest absolute Gasteiger partial charge is 0.432 e. The van der Waals surface area contributed by atoms with E-state index in [9.17, 15) is 4.80 Å². The summed E-state index contributed by atoms with van der Waals surface area (Å²) in [4.78, 5) is 9.72. The Morgan fingerprint density at radius 1 is 0.611 bits per heavy atom. The molecular formula is C16H36OSi. The van der Waals surface area contributed by atoms with Crippen LogP contribution in [0.3, 0.4) is 0 Å². The highest BCUT2D eigenvalue weighted by atomic mass is 28.4. The molecule has 0 aromatic rings. The van der Waals surface area contributed by atoms with Crippen LogP contribution in [0.2, 0.25) is 19.1 Å². The van der Waals surface area contributed by atoms with Crippen molar-refractivity contribution >= 4 is 8.32 Å². The third-order valence-electron chi connectivity index (χ3n) is 3.64. The minimum Gasteiger partial charge on any atom is -0.432 e. The van der Waals surface area contributed by atoms with Crippen molar-refractivity contribution in [3.63, 3.8) is 0 Å². The first-order valence-electron chi connectivity index (χ1n) is 8.28. The molecule has 0 unspecified atom stereocenters. The predicted molar refractivity (Wildman–Crippen MR) is 85.6 cm³/mol. The molecular weight excluding hydrogens is 236 g/mol. The number of hydrogen-bond donors (Lipinski definition) is 1. The molecule has 110 valence electrons. The molecule has 0 amide bonds. The summed E-state index contributed by atoms with van der Waals surface area (Å²) in [5.41, 5.74) is 0. The first kappa shape index (κ1) is 18.2. The van der Waals surface area contributed by atoms with Gasteiger partial charge in [-0.05, 0) is 19.1 Å². The maximum Gasteiger partial charge on any atom is 0.182 e. The van der Waals surface area contributed by atoms with Crippen molar-refractivity contribution in [3.05, 3.63) is 0 Å². The van der Waals surface area contributed by atoms with Gasteiger partial charge < -0.3 is 4.80 Å². The zero-order valence-corrected chi connectivity index (χ0v) is 14.1. The highest BCUT2D eigenvalue weighted by molar-refractivity contribution is 6.69. The Labute approximate surface area is 117 Å². The fourth-order valence-electron chi connectivity index (χ4n) is 2.40. The van der Waals surface area contributed by atoms with Crippen LogP contribution in [0, 0.1) is 0 Å². The molecule has 0 aliphatic rings. The summed E-state index contributed by atoms with van der Waals surface area (Å²) in [5, 5.41) is 0. The van der Waals surface area contributed by atoms with E-state index >= 15 is 0 Å². The zero-order chi connectivity index (χ0) is 13.7. The molecule has 0 aromatic heterocycles. The minimum absolute atomic E-state index is 1.09. The van der Waals surface area contributed by atoms with Crippen molar-refractivity contribution in [2.45, 2.75) is 103 Å². The number of unbranched alkanes of at least 4 members (excludes halogenated alkanes) is 11. The van der Waals surface area contributed by atoms with Gasteiger partial charge in [-0.2, -0.15) is 0 Å². The van der Waals surface area contributed by atoms with E-state index in [0.717, 1.165) is 6.04 Å². The molecule has 0 aromatic carbocycles. The Morgan fingerprint density at radius 2 is 0.944 bits per heavy atom. The molecule has 2 heteroatoms. The fraction of sp³-hybridized carbons (Fsp3) is 1.00. The number of rotatable bonds is 13. The molecule has 0 saturated heterocycles. The highest BCUT2D eigenvalue weighted by Crippen LogP contribution is 2.15. The van der Waals surface area contributed by atoms with Crippen LogP contribution >= 0.6 is 0 Å².